The van der Waals surface area contributed by atoms with Gasteiger partial charge in [0.2, 0.25) is 5.95 Å². The van der Waals surface area contributed by atoms with Gasteiger partial charge >= 0.3 is 0 Å². The Labute approximate surface area is 184 Å². The third-order valence-electron chi connectivity index (χ3n) is 6.99. The van der Waals surface area contributed by atoms with Crippen molar-refractivity contribution in [1.82, 2.24) is 19.8 Å². The van der Waals surface area contributed by atoms with Crippen molar-refractivity contribution in [3.8, 4) is 0 Å². The van der Waals surface area contributed by atoms with Gasteiger partial charge in [0.25, 0.3) is 0 Å². The van der Waals surface area contributed by atoms with Crippen LogP contribution in [0.25, 0.3) is 0 Å². The zero-order valence-corrected chi connectivity index (χ0v) is 19.7. The molecular weight excluding hydrogens is 372 g/mol. The third-order valence-corrected chi connectivity index (χ3v) is 6.99. The second-order valence-corrected chi connectivity index (χ2v) is 9.14. The Morgan fingerprint density at radius 1 is 1.07 bits per heavy atom. The van der Waals surface area contributed by atoms with Crippen LogP contribution in [0.5, 0.6) is 0 Å². The first-order valence-corrected chi connectivity index (χ1v) is 12.5. The van der Waals surface area contributed by atoms with Crippen LogP contribution in [0.15, 0.2) is 12.3 Å². The number of nitrogens with zero attached hydrogens (tertiary/aromatic N) is 5. The third kappa shape index (κ3) is 7.09. The van der Waals surface area contributed by atoms with Crippen molar-refractivity contribution in [3.05, 3.63) is 12.3 Å². The smallest absolute Gasteiger partial charge is 0.224 e. The predicted octanol–water partition coefficient (Wildman–Crippen LogP) is 4.24. The average Bonchev–Trinajstić information content (AvgIpc) is 3.18. The molecule has 30 heavy (non-hydrogen) atoms. The molecule has 0 saturated carbocycles. The molecule has 2 aliphatic rings. The Hall–Kier alpha value is -1.40. The summed E-state index contributed by atoms with van der Waals surface area (Å²) in [5, 5.41) is 3.69. The lowest BCUT2D eigenvalue weighted by Gasteiger charge is -2.32. The molecule has 0 bridgehead atoms. The fourth-order valence-electron chi connectivity index (χ4n) is 4.86. The number of likely N-dealkylation sites (tertiary alicyclic amines) is 1. The molecule has 3 heterocycles. The van der Waals surface area contributed by atoms with Crippen molar-refractivity contribution in [2.75, 3.05) is 56.0 Å². The van der Waals surface area contributed by atoms with Gasteiger partial charge in [0, 0.05) is 37.9 Å². The number of rotatable bonds is 9. The lowest BCUT2D eigenvalue weighted by Crippen LogP contribution is -2.42. The molecule has 0 aromatic carbocycles. The first-order valence-electron chi connectivity index (χ1n) is 12.5. The molecule has 170 valence electrons. The summed E-state index contributed by atoms with van der Waals surface area (Å²) in [4.78, 5) is 17.1. The molecule has 3 rings (SSSR count). The zero-order valence-electron chi connectivity index (χ0n) is 19.7. The van der Waals surface area contributed by atoms with Crippen LogP contribution in [0.3, 0.4) is 0 Å². The lowest BCUT2D eigenvalue weighted by molar-refractivity contribution is 0.179. The maximum atomic E-state index is 4.89. The summed E-state index contributed by atoms with van der Waals surface area (Å²) < 4.78 is 0. The van der Waals surface area contributed by atoms with Gasteiger partial charge < -0.3 is 15.1 Å². The van der Waals surface area contributed by atoms with E-state index >= 15 is 0 Å². The molecule has 2 unspecified atom stereocenters. The summed E-state index contributed by atoms with van der Waals surface area (Å²) in [6.45, 7) is 15.0. The van der Waals surface area contributed by atoms with Crippen LogP contribution in [0, 0.1) is 0 Å². The molecule has 0 aliphatic carbocycles. The van der Waals surface area contributed by atoms with Crippen molar-refractivity contribution in [2.45, 2.75) is 84.2 Å². The molecule has 1 aromatic rings. The Morgan fingerprint density at radius 2 is 1.80 bits per heavy atom. The second-order valence-electron chi connectivity index (χ2n) is 9.14. The van der Waals surface area contributed by atoms with E-state index in [0.29, 0.717) is 12.1 Å². The Morgan fingerprint density at radius 3 is 2.53 bits per heavy atom. The minimum Gasteiger partial charge on any atom is -0.356 e. The van der Waals surface area contributed by atoms with Crippen molar-refractivity contribution in [1.29, 1.82) is 0 Å². The largest absolute Gasteiger partial charge is 0.356 e. The van der Waals surface area contributed by atoms with E-state index in [0.717, 1.165) is 44.5 Å². The topological polar surface area (TPSA) is 47.5 Å². The van der Waals surface area contributed by atoms with E-state index in [-0.39, 0.29) is 0 Å². The number of hydrogen-bond acceptors (Lipinski definition) is 6. The summed E-state index contributed by atoms with van der Waals surface area (Å²) in [5.74, 6) is 1.90. The molecular formula is C24H44N6. The van der Waals surface area contributed by atoms with E-state index in [9.17, 15) is 0 Å². The highest BCUT2D eigenvalue weighted by atomic mass is 15.2. The summed E-state index contributed by atoms with van der Waals surface area (Å²) in [7, 11) is 0. The second kappa shape index (κ2) is 12.5. The molecule has 0 spiro atoms. The molecule has 2 atom stereocenters. The van der Waals surface area contributed by atoms with E-state index in [1.807, 2.05) is 6.20 Å². The Kier molecular flexibility index (Phi) is 9.66. The minimum atomic E-state index is 0.433. The average molecular weight is 417 g/mol. The van der Waals surface area contributed by atoms with Crippen LogP contribution in [0.4, 0.5) is 11.8 Å². The highest BCUT2D eigenvalue weighted by Crippen LogP contribution is 2.21. The van der Waals surface area contributed by atoms with Crippen LogP contribution in [-0.2, 0) is 0 Å². The van der Waals surface area contributed by atoms with Gasteiger partial charge in [-0.25, -0.2) is 4.98 Å². The van der Waals surface area contributed by atoms with E-state index < -0.39 is 0 Å². The molecule has 0 amide bonds. The van der Waals surface area contributed by atoms with Gasteiger partial charge in [-0.15, -0.1) is 0 Å². The van der Waals surface area contributed by atoms with Gasteiger partial charge in [-0.3, -0.25) is 4.90 Å². The Balaban J connectivity index is 1.56. The van der Waals surface area contributed by atoms with Gasteiger partial charge in [0.05, 0.1) is 0 Å². The van der Waals surface area contributed by atoms with Gasteiger partial charge in [0.15, 0.2) is 0 Å². The van der Waals surface area contributed by atoms with Gasteiger partial charge in [-0.05, 0) is 71.3 Å². The molecule has 1 aromatic heterocycles. The standard InChI is InChI=1S/C24H44N6/c1-4-28(5-2)19-14-21(3)30-18-11-8-12-22(20-30)26-24-25-15-13-23(27-24)29-16-9-6-7-10-17-29/h13,15,21-22H,4-12,14,16-20H2,1-3H3,(H,25,26,27). The van der Waals surface area contributed by atoms with Crippen molar-refractivity contribution in [2.24, 2.45) is 0 Å². The number of hydrogen-bond donors (Lipinski definition) is 1. The SMILES string of the molecule is CCN(CC)CCC(C)N1CCCCC(Nc2nccc(N3CCCCCC3)n2)C1. The first-order chi connectivity index (χ1) is 14.7. The van der Waals surface area contributed by atoms with Crippen LogP contribution < -0.4 is 10.2 Å². The number of aromatic nitrogens is 2. The normalized spacial score (nSPS) is 22.5. The molecule has 2 saturated heterocycles. The highest BCUT2D eigenvalue weighted by Gasteiger charge is 2.23. The lowest BCUT2D eigenvalue weighted by atomic mass is 10.1. The van der Waals surface area contributed by atoms with Crippen molar-refractivity contribution in [3.63, 3.8) is 0 Å². The zero-order chi connectivity index (χ0) is 21.2. The van der Waals surface area contributed by atoms with Crippen LogP contribution >= 0.6 is 0 Å². The van der Waals surface area contributed by atoms with Gasteiger partial charge in [-0.1, -0.05) is 33.1 Å². The van der Waals surface area contributed by atoms with Gasteiger partial charge in [-0.2, -0.15) is 4.98 Å². The summed E-state index contributed by atoms with van der Waals surface area (Å²) in [6.07, 6.45) is 12.2. The first kappa shape index (κ1) is 23.3. The van der Waals surface area contributed by atoms with E-state index in [1.54, 1.807) is 0 Å². The van der Waals surface area contributed by atoms with Crippen LogP contribution in [0.2, 0.25) is 0 Å². The van der Waals surface area contributed by atoms with Crippen LogP contribution in [0.1, 0.15) is 72.1 Å². The monoisotopic (exact) mass is 416 g/mol. The van der Waals surface area contributed by atoms with Crippen molar-refractivity contribution < 1.29 is 0 Å². The molecule has 0 radical (unpaired) electrons. The predicted molar refractivity (Wildman–Crippen MR) is 127 cm³/mol. The Bertz CT molecular complexity index is 597. The highest BCUT2D eigenvalue weighted by molar-refractivity contribution is 5.43. The minimum absolute atomic E-state index is 0.433. The quantitative estimate of drug-likeness (QED) is 0.650. The van der Waals surface area contributed by atoms with E-state index in [1.165, 1.54) is 64.5 Å². The maximum absolute atomic E-state index is 4.89. The van der Waals surface area contributed by atoms with E-state index in [4.69, 9.17) is 4.98 Å². The summed E-state index contributed by atoms with van der Waals surface area (Å²) in [5.41, 5.74) is 0. The number of nitrogens with one attached hydrogen (secondary N) is 1. The molecule has 6 heteroatoms. The fourth-order valence-corrected chi connectivity index (χ4v) is 4.86. The number of anilines is 2. The molecule has 6 nitrogen and oxygen atoms in total. The summed E-state index contributed by atoms with van der Waals surface area (Å²) >= 11 is 0. The van der Waals surface area contributed by atoms with Crippen molar-refractivity contribution >= 4 is 11.8 Å². The van der Waals surface area contributed by atoms with Gasteiger partial charge in [0.1, 0.15) is 5.82 Å². The summed E-state index contributed by atoms with van der Waals surface area (Å²) in [6, 6.07) is 3.13. The molecule has 1 N–H and O–H groups in total. The van der Waals surface area contributed by atoms with Crippen LogP contribution in [-0.4, -0.2) is 77.7 Å². The molecule has 2 aliphatic heterocycles. The van der Waals surface area contributed by atoms with E-state index in [2.05, 4.69) is 51.8 Å². The fraction of sp³-hybridized carbons (Fsp3) is 0.833. The maximum Gasteiger partial charge on any atom is 0.224 e. The molecule has 2 fully saturated rings.